The van der Waals surface area contributed by atoms with Crippen molar-refractivity contribution in [2.24, 2.45) is 58.3 Å². The minimum absolute atomic E-state index is 0.0767. The molecule has 0 saturated heterocycles. The van der Waals surface area contributed by atoms with Crippen molar-refractivity contribution in [2.75, 3.05) is 5.32 Å². The van der Waals surface area contributed by atoms with Crippen molar-refractivity contribution in [3.05, 3.63) is 52.8 Å². The number of rotatable bonds is 4. The quantitative estimate of drug-likeness (QED) is 0.546. The molecule has 39 heavy (non-hydrogen) atoms. The normalized spacial score (nSPS) is 49.0. The highest BCUT2D eigenvalue weighted by molar-refractivity contribution is 6.00. The molecule has 4 spiro atoms. The molecule has 2 aromatic heterocycles. The molecule has 0 radical (unpaired) electrons. The molecule has 7 nitrogen and oxygen atoms in total. The van der Waals surface area contributed by atoms with Crippen LogP contribution in [0.3, 0.4) is 0 Å². The number of para-hydroxylation sites is 1. The summed E-state index contributed by atoms with van der Waals surface area (Å²) in [5, 5.41) is 12.1. The molecule has 10 fully saturated rings. The number of amides is 1. The van der Waals surface area contributed by atoms with Crippen LogP contribution in [0.1, 0.15) is 52.9 Å². The van der Waals surface area contributed by atoms with Crippen LogP contribution in [0.25, 0.3) is 11.4 Å². The minimum Gasteiger partial charge on any atom is -0.344 e. The van der Waals surface area contributed by atoms with E-state index < -0.39 is 0 Å². The third-order valence-corrected chi connectivity index (χ3v) is 14.3. The Hall–Kier alpha value is -3.22. The van der Waals surface area contributed by atoms with Crippen LogP contribution >= 0.6 is 0 Å². The first-order chi connectivity index (χ1) is 19.1. The number of nitrogens with one attached hydrogen (secondary N) is 2. The molecule has 2 N–H and O–H groups in total. The second kappa shape index (κ2) is 5.15. The summed E-state index contributed by atoms with van der Waals surface area (Å²) < 4.78 is 1.89. The first kappa shape index (κ1) is 19.8. The van der Waals surface area contributed by atoms with E-state index in [0.717, 1.165) is 87.0 Å². The van der Waals surface area contributed by atoms with E-state index in [0.29, 0.717) is 22.5 Å². The van der Waals surface area contributed by atoms with E-state index in [2.05, 4.69) is 28.6 Å². The van der Waals surface area contributed by atoms with E-state index in [1.807, 2.05) is 36.1 Å². The monoisotopic (exact) mass is 514 g/mol. The number of benzene rings is 1. The largest absolute Gasteiger partial charge is 0.344 e. The van der Waals surface area contributed by atoms with E-state index in [1.54, 1.807) is 0 Å². The molecular formula is C32H30N6O. The number of nitrogens with zero attached hydrogens (tertiary/aromatic N) is 4. The summed E-state index contributed by atoms with van der Waals surface area (Å²) in [4.78, 5) is 23.8. The number of aromatic nitrogens is 4. The zero-order valence-electron chi connectivity index (χ0n) is 22.2. The van der Waals surface area contributed by atoms with E-state index in [4.69, 9.17) is 10.1 Å². The maximum atomic E-state index is 14.2. The predicted octanol–water partition coefficient (Wildman–Crippen LogP) is 4.19. The van der Waals surface area contributed by atoms with E-state index in [1.165, 1.54) is 25.7 Å². The van der Waals surface area contributed by atoms with Crippen LogP contribution in [0, 0.1) is 58.2 Å². The van der Waals surface area contributed by atoms with Gasteiger partial charge in [-0.15, -0.1) is 0 Å². The Balaban J connectivity index is 0.919. The van der Waals surface area contributed by atoms with E-state index in [-0.39, 0.29) is 11.4 Å². The summed E-state index contributed by atoms with van der Waals surface area (Å²) in [6, 6.07) is 8.17. The molecule has 1 aromatic carbocycles. The van der Waals surface area contributed by atoms with Crippen LogP contribution in [-0.4, -0.2) is 31.2 Å². The van der Waals surface area contributed by atoms with Gasteiger partial charge in [0, 0.05) is 29.9 Å². The fourth-order valence-electron chi connectivity index (χ4n) is 14.4. The Kier molecular flexibility index (Phi) is 2.61. The van der Waals surface area contributed by atoms with Crippen molar-refractivity contribution in [1.82, 2.24) is 25.1 Å². The Morgan fingerprint density at radius 2 is 1.97 bits per heavy atom. The molecule has 194 valence electrons. The van der Waals surface area contributed by atoms with Gasteiger partial charge >= 0.3 is 0 Å². The highest BCUT2D eigenvalue weighted by atomic mass is 16.2. The number of carbonyl (C=O) groups is 1. The van der Waals surface area contributed by atoms with Gasteiger partial charge in [0.15, 0.2) is 5.69 Å². The Morgan fingerprint density at radius 1 is 1.10 bits per heavy atom. The van der Waals surface area contributed by atoms with Gasteiger partial charge in [0.2, 0.25) is 5.95 Å². The van der Waals surface area contributed by atoms with Gasteiger partial charge in [0.1, 0.15) is 0 Å². The highest BCUT2D eigenvalue weighted by Crippen LogP contribution is 3.48. The smallest absolute Gasteiger partial charge is 0.272 e. The molecule has 3 aromatic rings. The summed E-state index contributed by atoms with van der Waals surface area (Å²) in [5.74, 6) is 5.53. The SMILES string of the molecule is Cc1ccccc1Nc1ncc2c(n1)-c1c(c(C(=O)NC34CCCCC5[C@@H]6[C@H]7[C@H]8C79C37[C@@]6([C@H]54)[C@@]897)nn1C)CC2. The molecule has 2 heterocycles. The topological polar surface area (TPSA) is 84.7 Å². The summed E-state index contributed by atoms with van der Waals surface area (Å²) in [6.45, 7) is 2.08. The van der Waals surface area contributed by atoms with Gasteiger partial charge in [-0.2, -0.15) is 5.10 Å². The maximum Gasteiger partial charge on any atom is 0.272 e. The lowest BCUT2D eigenvalue weighted by atomic mass is 9.35. The van der Waals surface area contributed by atoms with Crippen molar-refractivity contribution >= 4 is 17.5 Å². The summed E-state index contributed by atoms with van der Waals surface area (Å²) in [6.07, 6.45) is 8.82. The van der Waals surface area contributed by atoms with Crippen molar-refractivity contribution < 1.29 is 4.79 Å². The Bertz CT molecular complexity index is 1810. The van der Waals surface area contributed by atoms with E-state index in [9.17, 15) is 4.79 Å². The van der Waals surface area contributed by atoms with Gasteiger partial charge in [-0.25, -0.2) is 9.97 Å². The number of anilines is 2. The fourth-order valence-corrected chi connectivity index (χ4v) is 14.4. The van der Waals surface area contributed by atoms with Crippen LogP contribution in [-0.2, 0) is 19.9 Å². The van der Waals surface area contributed by atoms with Gasteiger partial charge < -0.3 is 10.6 Å². The van der Waals surface area contributed by atoms with Gasteiger partial charge in [0.05, 0.1) is 16.9 Å². The lowest BCUT2D eigenvalue weighted by Gasteiger charge is -2.71. The second-order valence-electron chi connectivity index (χ2n) is 14.4. The first-order valence-electron chi connectivity index (χ1n) is 15.1. The van der Waals surface area contributed by atoms with Gasteiger partial charge in [0.25, 0.3) is 5.91 Å². The lowest BCUT2D eigenvalue weighted by molar-refractivity contribution is -0.216. The number of hydrogen-bond acceptors (Lipinski definition) is 5. The Morgan fingerprint density at radius 3 is 2.87 bits per heavy atom. The average Bonchev–Trinajstić information content (AvgIpc) is 3.84. The molecule has 14 rings (SSSR count). The second-order valence-corrected chi connectivity index (χ2v) is 14.4. The molecule has 11 aliphatic rings. The minimum atomic E-state index is 0.0767. The standard InChI is InChI=1S/C32H30N6O/c1-14-7-3-4-9-18(14)34-27-33-13-15-10-11-17-22(37-38(2)23(17)21(15)35-27)26(39)36-28-12-6-5-8-16-19-20-25-30(20)31(25)29(19,24(16)28)32(28,30)31/h3-4,7,9,13,16,19-20,24-25H,5-6,8,10-12H2,1-2H3,(H,36,39)(H,33,34,35)/t16?,19-,20+,24-,25+,28?,29+,30?,31+,32?/m1/s1. The summed E-state index contributed by atoms with van der Waals surface area (Å²) in [5.41, 5.74) is 9.60. The molecule has 4 bridgehead atoms. The number of carbonyl (C=O) groups excluding carboxylic acids is 1. The van der Waals surface area contributed by atoms with Gasteiger partial charge in [-0.05, 0) is 95.6 Å². The predicted molar refractivity (Wildman–Crippen MR) is 142 cm³/mol. The molecule has 4 unspecified atom stereocenters. The third-order valence-electron chi connectivity index (χ3n) is 14.3. The first-order valence-corrected chi connectivity index (χ1v) is 15.1. The van der Waals surface area contributed by atoms with Crippen LogP contribution < -0.4 is 10.6 Å². The van der Waals surface area contributed by atoms with Crippen LogP contribution in [0.4, 0.5) is 11.6 Å². The van der Waals surface area contributed by atoms with Crippen molar-refractivity contribution in [3.63, 3.8) is 0 Å². The molecule has 10 saturated carbocycles. The fraction of sp³-hybridized carbons (Fsp3) is 0.562. The summed E-state index contributed by atoms with van der Waals surface area (Å²) in [7, 11) is 1.96. The molecule has 0 aliphatic heterocycles. The zero-order valence-corrected chi connectivity index (χ0v) is 22.2. The zero-order chi connectivity index (χ0) is 25.5. The average molecular weight is 515 g/mol. The maximum absolute atomic E-state index is 14.2. The van der Waals surface area contributed by atoms with Crippen LogP contribution in [0.5, 0.6) is 0 Å². The molecule has 11 aliphatic carbocycles. The number of hydrogen-bond donors (Lipinski definition) is 2. The number of aryl methyl sites for hydroxylation is 3. The molecular weight excluding hydrogens is 484 g/mol. The summed E-state index contributed by atoms with van der Waals surface area (Å²) >= 11 is 0. The lowest BCUT2D eigenvalue weighted by Crippen LogP contribution is -2.78. The van der Waals surface area contributed by atoms with Crippen molar-refractivity contribution in [1.29, 1.82) is 0 Å². The Labute approximate surface area is 226 Å². The van der Waals surface area contributed by atoms with E-state index >= 15 is 0 Å². The molecule has 7 heteroatoms. The van der Waals surface area contributed by atoms with Gasteiger partial charge in [-0.1, -0.05) is 31.0 Å². The molecule has 10 atom stereocenters. The van der Waals surface area contributed by atoms with Crippen molar-refractivity contribution in [2.45, 2.75) is 51.0 Å². The molecule has 1 amide bonds. The van der Waals surface area contributed by atoms with Gasteiger partial charge in [-0.3, -0.25) is 9.48 Å². The van der Waals surface area contributed by atoms with Crippen LogP contribution in [0.2, 0.25) is 0 Å². The van der Waals surface area contributed by atoms with Crippen molar-refractivity contribution in [3.8, 4) is 11.4 Å². The number of fused-ring (bicyclic) bond motifs is 3. The van der Waals surface area contributed by atoms with Crippen LogP contribution in [0.15, 0.2) is 30.5 Å². The highest BCUT2D eigenvalue weighted by Gasteiger charge is 3.48. The third kappa shape index (κ3) is 1.38.